The van der Waals surface area contributed by atoms with Crippen molar-refractivity contribution >= 4 is 21.8 Å². The molecule has 2 aliphatic rings. The molecule has 0 aliphatic heterocycles. The van der Waals surface area contributed by atoms with E-state index in [1.807, 2.05) is 0 Å². The molecular formula is C56H45N. The highest BCUT2D eigenvalue weighted by atomic mass is 15.0. The van der Waals surface area contributed by atoms with Crippen molar-refractivity contribution in [2.75, 3.05) is 0 Å². The number of para-hydroxylation sites is 1. The highest BCUT2D eigenvalue weighted by molar-refractivity contribution is 6.11. The fraction of sp³-hybridized carbons (Fsp3) is 0.143. The lowest BCUT2D eigenvalue weighted by Gasteiger charge is -2.24. The van der Waals surface area contributed by atoms with E-state index in [1.54, 1.807) is 0 Å². The molecule has 1 atom stereocenters. The van der Waals surface area contributed by atoms with Gasteiger partial charge in [-0.2, -0.15) is 0 Å². The van der Waals surface area contributed by atoms with Crippen molar-refractivity contribution in [3.8, 4) is 39.1 Å². The Hall–Kier alpha value is -6.44. The summed E-state index contributed by atoms with van der Waals surface area (Å²) in [5.41, 5.74) is 21.2. The van der Waals surface area contributed by atoms with Crippen LogP contribution < -0.4 is 0 Å². The summed E-state index contributed by atoms with van der Waals surface area (Å²) in [4.78, 5) is 0. The van der Waals surface area contributed by atoms with Gasteiger partial charge in [-0.05, 0) is 109 Å². The van der Waals surface area contributed by atoms with Crippen molar-refractivity contribution in [1.29, 1.82) is 0 Å². The predicted molar refractivity (Wildman–Crippen MR) is 240 cm³/mol. The Kier molecular flexibility index (Phi) is 7.45. The zero-order valence-electron chi connectivity index (χ0n) is 33.1. The molecule has 0 N–H and O–H groups in total. The third kappa shape index (κ3) is 5.15. The van der Waals surface area contributed by atoms with E-state index in [-0.39, 0.29) is 16.7 Å². The van der Waals surface area contributed by atoms with Crippen molar-refractivity contribution in [3.05, 3.63) is 221 Å². The Labute approximate surface area is 335 Å². The minimum Gasteiger partial charge on any atom is -0.309 e. The predicted octanol–water partition coefficient (Wildman–Crippen LogP) is 14.4. The van der Waals surface area contributed by atoms with Crippen molar-refractivity contribution < 1.29 is 0 Å². The molecule has 11 rings (SSSR count). The number of fused-ring (bicyclic) bond motifs is 9. The Morgan fingerprint density at radius 2 is 0.982 bits per heavy atom. The van der Waals surface area contributed by atoms with Gasteiger partial charge in [-0.1, -0.05) is 179 Å². The van der Waals surface area contributed by atoms with Crippen LogP contribution in [0.4, 0.5) is 0 Å². The molecule has 0 saturated heterocycles. The second-order valence-electron chi connectivity index (χ2n) is 17.3. The molecular weight excluding hydrogens is 687 g/mol. The van der Waals surface area contributed by atoms with Crippen molar-refractivity contribution in [2.24, 2.45) is 0 Å². The summed E-state index contributed by atoms with van der Waals surface area (Å²) >= 11 is 0. The molecule has 0 fully saturated rings. The molecule has 1 heteroatoms. The van der Waals surface area contributed by atoms with E-state index < -0.39 is 0 Å². The number of rotatable bonds is 6. The smallest absolute Gasteiger partial charge is 0.0544 e. The maximum absolute atomic E-state index is 2.52. The zero-order chi connectivity index (χ0) is 38.5. The molecule has 1 nitrogen and oxygen atoms in total. The van der Waals surface area contributed by atoms with Gasteiger partial charge in [-0.15, -0.1) is 0 Å². The molecule has 9 aromatic rings. The summed E-state index contributed by atoms with van der Waals surface area (Å²) in [5, 5.41) is 2.61. The van der Waals surface area contributed by atoms with Crippen molar-refractivity contribution in [3.63, 3.8) is 0 Å². The van der Waals surface area contributed by atoms with E-state index in [4.69, 9.17) is 0 Å². The van der Waals surface area contributed by atoms with Gasteiger partial charge >= 0.3 is 0 Å². The van der Waals surface area contributed by atoms with Crippen LogP contribution >= 0.6 is 0 Å². The highest BCUT2D eigenvalue weighted by Crippen LogP contribution is 2.53. The number of hydrogen-bond acceptors (Lipinski definition) is 0. The molecule has 0 radical (unpaired) electrons. The highest BCUT2D eigenvalue weighted by Gasteiger charge is 2.38. The van der Waals surface area contributed by atoms with Crippen molar-refractivity contribution in [2.45, 2.75) is 50.9 Å². The van der Waals surface area contributed by atoms with Gasteiger partial charge in [0.05, 0.1) is 11.0 Å². The number of aromatic nitrogens is 1. The van der Waals surface area contributed by atoms with E-state index in [0.29, 0.717) is 0 Å². The molecule has 2 aliphatic carbocycles. The summed E-state index contributed by atoms with van der Waals surface area (Å²) in [5.74, 6) is 0.252. The summed E-state index contributed by atoms with van der Waals surface area (Å²) in [6, 6.07) is 68.3. The van der Waals surface area contributed by atoms with Crippen molar-refractivity contribution in [1.82, 2.24) is 4.57 Å². The van der Waals surface area contributed by atoms with Gasteiger partial charge in [0.2, 0.25) is 0 Å². The van der Waals surface area contributed by atoms with Gasteiger partial charge in [0.1, 0.15) is 0 Å². The van der Waals surface area contributed by atoms with E-state index in [2.05, 4.69) is 214 Å². The van der Waals surface area contributed by atoms with Crippen LogP contribution in [0.15, 0.2) is 182 Å². The average Bonchev–Trinajstić information content (AvgIpc) is 3.78. The van der Waals surface area contributed by atoms with Crippen LogP contribution in [0.1, 0.15) is 72.6 Å². The van der Waals surface area contributed by atoms with Gasteiger partial charge in [-0.3, -0.25) is 0 Å². The summed E-state index contributed by atoms with van der Waals surface area (Å²) in [6.45, 7) is 9.59. The lowest BCUT2D eigenvalue weighted by atomic mass is 9.80. The van der Waals surface area contributed by atoms with Crippen LogP contribution in [0.3, 0.4) is 0 Å². The maximum Gasteiger partial charge on any atom is 0.0544 e. The van der Waals surface area contributed by atoms with Gasteiger partial charge in [0, 0.05) is 33.2 Å². The van der Waals surface area contributed by atoms with E-state index in [0.717, 1.165) is 6.42 Å². The molecule has 1 unspecified atom stereocenters. The van der Waals surface area contributed by atoms with E-state index in [9.17, 15) is 0 Å². The first-order valence-corrected chi connectivity index (χ1v) is 20.4. The third-order valence-corrected chi connectivity index (χ3v) is 13.4. The SMILES string of the molecule is CC1(C)c2cc(CC(c3ccccc3)c3ccc(-c4ccccc4)cc3)ccc2-c2ccc(-n3c4ccccc4c4cc5c(cc43)C(C)(C)c3ccccc3-5)cc21. The lowest BCUT2D eigenvalue weighted by molar-refractivity contribution is 0.657. The molecule has 1 aromatic heterocycles. The molecule has 0 saturated carbocycles. The zero-order valence-corrected chi connectivity index (χ0v) is 33.1. The number of benzene rings is 8. The first-order valence-electron chi connectivity index (χ1n) is 20.4. The average molecular weight is 732 g/mol. The molecule has 1 heterocycles. The van der Waals surface area contributed by atoms with Gasteiger partial charge in [0.25, 0.3) is 0 Å². The first-order chi connectivity index (χ1) is 27.8. The molecule has 0 spiro atoms. The van der Waals surface area contributed by atoms with Crippen LogP contribution in [0.25, 0.3) is 60.9 Å². The van der Waals surface area contributed by atoms with Gasteiger partial charge < -0.3 is 4.57 Å². The van der Waals surface area contributed by atoms with Crippen LogP contribution in [-0.4, -0.2) is 4.57 Å². The minimum absolute atomic E-state index is 0.0637. The Bertz CT molecular complexity index is 3010. The Morgan fingerprint density at radius 3 is 1.77 bits per heavy atom. The van der Waals surface area contributed by atoms with E-state index in [1.165, 1.54) is 99.8 Å². The van der Waals surface area contributed by atoms with Gasteiger partial charge in [0.15, 0.2) is 0 Å². The summed E-state index contributed by atoms with van der Waals surface area (Å²) in [7, 11) is 0. The summed E-state index contributed by atoms with van der Waals surface area (Å²) in [6.07, 6.45) is 0.936. The number of hydrogen-bond donors (Lipinski definition) is 0. The quantitative estimate of drug-likeness (QED) is 0.160. The standard InChI is InChI=1S/C56H45N/c1-55(2)49-21-13-11-19-42(49)47-34-48-45-20-12-14-22-53(45)57(54(48)35-52(47)55)41-28-30-44-43-29-23-36(32-50(43)56(3,4)51(44)33-41)31-46(39-17-9-6-10-18-39)40-26-24-38(25-27-40)37-15-7-5-8-16-37/h5-30,32-35,46H,31H2,1-4H3. The minimum atomic E-state index is -0.153. The molecule has 0 amide bonds. The Morgan fingerprint density at radius 1 is 0.404 bits per heavy atom. The summed E-state index contributed by atoms with van der Waals surface area (Å²) < 4.78 is 2.52. The first kappa shape index (κ1) is 33.9. The topological polar surface area (TPSA) is 4.93 Å². The molecule has 8 aromatic carbocycles. The van der Waals surface area contributed by atoms with Crippen LogP contribution in [0.2, 0.25) is 0 Å². The van der Waals surface area contributed by atoms with Crippen LogP contribution in [0.5, 0.6) is 0 Å². The lowest BCUT2D eigenvalue weighted by Crippen LogP contribution is -2.16. The van der Waals surface area contributed by atoms with Crippen LogP contribution in [0, 0.1) is 0 Å². The fourth-order valence-corrected chi connectivity index (χ4v) is 10.4. The second-order valence-corrected chi connectivity index (χ2v) is 17.3. The fourth-order valence-electron chi connectivity index (χ4n) is 10.4. The largest absolute Gasteiger partial charge is 0.309 e. The number of nitrogens with zero attached hydrogens (tertiary/aromatic N) is 1. The van der Waals surface area contributed by atoms with E-state index >= 15 is 0 Å². The second kappa shape index (κ2) is 12.5. The maximum atomic E-state index is 2.52. The normalized spacial score (nSPS) is 14.9. The van der Waals surface area contributed by atoms with Crippen LogP contribution in [-0.2, 0) is 17.3 Å². The third-order valence-electron chi connectivity index (χ3n) is 13.4. The molecule has 0 bridgehead atoms. The molecule has 57 heavy (non-hydrogen) atoms. The monoisotopic (exact) mass is 731 g/mol. The Balaban J connectivity index is 0.982. The van der Waals surface area contributed by atoms with Gasteiger partial charge in [-0.25, -0.2) is 0 Å². The molecule has 274 valence electrons.